The number of hydrogen-bond donors (Lipinski definition) is 1. The molecule has 1 atom stereocenters. The molecular weight excluding hydrogens is 440 g/mol. The lowest BCUT2D eigenvalue weighted by molar-refractivity contribution is 0.170. The molecular formula is C22H23F2N3O4S. The van der Waals surface area contributed by atoms with Crippen LogP contribution in [0.25, 0.3) is 11.9 Å². The first-order valence-electron chi connectivity index (χ1n) is 9.94. The summed E-state index contributed by atoms with van der Waals surface area (Å²) in [5.74, 6) is -1.04. The summed E-state index contributed by atoms with van der Waals surface area (Å²) in [5.41, 5.74) is 4.85. The number of ether oxygens (including phenoxy) is 2. The Kier molecular flexibility index (Phi) is 5.23. The van der Waals surface area contributed by atoms with Gasteiger partial charge in [-0.05, 0) is 44.5 Å². The molecule has 2 aliphatic heterocycles. The molecule has 32 heavy (non-hydrogen) atoms. The van der Waals surface area contributed by atoms with Crippen molar-refractivity contribution in [1.82, 2.24) is 4.98 Å². The van der Waals surface area contributed by atoms with Crippen molar-refractivity contribution < 1.29 is 26.7 Å². The number of amidine groups is 1. The zero-order chi connectivity index (χ0) is 23.3. The smallest absolute Gasteiger partial charge is 0.179 e. The van der Waals surface area contributed by atoms with Crippen LogP contribution in [0, 0.1) is 5.82 Å². The molecule has 2 N–H and O–H groups in total. The molecule has 170 valence electrons. The van der Waals surface area contributed by atoms with Gasteiger partial charge in [0.25, 0.3) is 0 Å². The summed E-state index contributed by atoms with van der Waals surface area (Å²) in [6.07, 6.45) is 2.56. The summed E-state index contributed by atoms with van der Waals surface area (Å²) in [6, 6.07) is 5.33. The van der Waals surface area contributed by atoms with E-state index in [0.29, 0.717) is 30.3 Å². The molecule has 2 aromatic rings. The molecule has 7 nitrogen and oxygen atoms in total. The molecule has 0 amide bonds. The van der Waals surface area contributed by atoms with Gasteiger partial charge >= 0.3 is 0 Å². The Hall–Kier alpha value is -3.01. The number of nitrogens with zero attached hydrogens (tertiary/aromatic N) is 2. The fourth-order valence-corrected chi connectivity index (χ4v) is 5.31. The van der Waals surface area contributed by atoms with Gasteiger partial charge in [-0.25, -0.2) is 22.2 Å². The van der Waals surface area contributed by atoms with Crippen molar-refractivity contribution in [2.45, 2.75) is 31.1 Å². The first-order chi connectivity index (χ1) is 14.9. The van der Waals surface area contributed by atoms with E-state index in [-0.39, 0.29) is 17.1 Å². The van der Waals surface area contributed by atoms with Crippen LogP contribution < -0.4 is 15.2 Å². The van der Waals surface area contributed by atoms with Gasteiger partial charge in [-0.2, -0.15) is 0 Å². The molecule has 1 aromatic heterocycles. The van der Waals surface area contributed by atoms with Gasteiger partial charge < -0.3 is 15.2 Å². The van der Waals surface area contributed by atoms with Crippen LogP contribution >= 0.6 is 0 Å². The van der Waals surface area contributed by atoms with Gasteiger partial charge in [0.1, 0.15) is 46.7 Å². The lowest BCUT2D eigenvalue weighted by Crippen LogP contribution is -2.55. The Morgan fingerprint density at radius 1 is 1.16 bits per heavy atom. The summed E-state index contributed by atoms with van der Waals surface area (Å²) >= 11 is 0. The lowest BCUT2D eigenvalue weighted by Gasteiger charge is -2.38. The second-order valence-corrected chi connectivity index (χ2v) is 11.0. The van der Waals surface area contributed by atoms with Crippen LogP contribution in [0.4, 0.5) is 8.78 Å². The van der Waals surface area contributed by atoms with Gasteiger partial charge in [0, 0.05) is 11.6 Å². The minimum absolute atomic E-state index is 0.0104. The number of nitrogens with two attached hydrogens (primary N) is 1. The van der Waals surface area contributed by atoms with E-state index in [0.717, 1.165) is 6.07 Å². The lowest BCUT2D eigenvalue weighted by atomic mass is 9.91. The molecule has 0 saturated carbocycles. The molecule has 1 aromatic carbocycles. The third-order valence-corrected chi connectivity index (χ3v) is 8.48. The summed E-state index contributed by atoms with van der Waals surface area (Å²) in [5, 5.41) is 0. The zero-order valence-corrected chi connectivity index (χ0v) is 18.7. The number of fused-ring (bicyclic) bond motifs is 1. The van der Waals surface area contributed by atoms with E-state index in [1.54, 1.807) is 0 Å². The highest BCUT2D eigenvalue weighted by atomic mass is 32.2. The van der Waals surface area contributed by atoms with E-state index in [9.17, 15) is 17.2 Å². The molecule has 10 heteroatoms. The Balaban J connectivity index is 1.73. The first kappa shape index (κ1) is 22.2. The number of aliphatic imine (C=N–C) groups is 1. The van der Waals surface area contributed by atoms with Crippen LogP contribution in [0.15, 0.2) is 35.5 Å². The molecule has 0 spiro atoms. The number of rotatable bonds is 3. The van der Waals surface area contributed by atoms with Gasteiger partial charge in [-0.15, -0.1) is 0 Å². The molecule has 2 aliphatic rings. The maximum absolute atomic E-state index is 14.9. The molecule has 0 bridgehead atoms. The molecule has 3 heterocycles. The molecule has 0 radical (unpaired) electrons. The minimum Gasteiger partial charge on any atom is -0.486 e. The number of halogens is 2. The standard InChI is InChI=1S/C22H23F2N3O4S/c1-21(2)20(25)27-22(3,12-32(21,28)29)14-8-13(4-5-15(14)23)9-16(24)17-10-18-19(11-26-17)31-7-6-30-18/h4-5,8-11H,6-7,12H2,1-3H3,(H2,25,27). The van der Waals surface area contributed by atoms with Gasteiger partial charge in [-0.3, -0.25) is 4.99 Å². The molecule has 0 saturated heterocycles. The largest absolute Gasteiger partial charge is 0.486 e. The van der Waals surface area contributed by atoms with Gasteiger partial charge in [0.15, 0.2) is 21.3 Å². The summed E-state index contributed by atoms with van der Waals surface area (Å²) in [7, 11) is -3.72. The van der Waals surface area contributed by atoms with E-state index < -0.39 is 37.5 Å². The highest BCUT2D eigenvalue weighted by Crippen LogP contribution is 2.38. The van der Waals surface area contributed by atoms with Crippen LogP contribution in [0.1, 0.15) is 37.6 Å². The zero-order valence-electron chi connectivity index (χ0n) is 17.9. The highest BCUT2D eigenvalue weighted by molar-refractivity contribution is 7.93. The normalized spacial score (nSPS) is 24.0. The quantitative estimate of drug-likeness (QED) is 0.750. The fourth-order valence-electron chi connectivity index (χ4n) is 3.63. The third-order valence-electron chi connectivity index (χ3n) is 5.77. The minimum atomic E-state index is -3.72. The Morgan fingerprint density at radius 3 is 2.53 bits per heavy atom. The molecule has 0 fully saturated rings. The number of pyridine rings is 1. The van der Waals surface area contributed by atoms with E-state index >= 15 is 0 Å². The van der Waals surface area contributed by atoms with Gasteiger partial charge in [0.2, 0.25) is 0 Å². The second-order valence-electron chi connectivity index (χ2n) is 8.49. The van der Waals surface area contributed by atoms with Crippen LogP contribution in [-0.4, -0.2) is 43.0 Å². The summed E-state index contributed by atoms with van der Waals surface area (Å²) < 4.78 is 64.7. The number of aromatic nitrogens is 1. The topological polar surface area (TPSA) is 104 Å². The molecule has 0 aliphatic carbocycles. The van der Waals surface area contributed by atoms with Crippen LogP contribution in [0.2, 0.25) is 0 Å². The average Bonchev–Trinajstić information content (AvgIpc) is 2.73. The van der Waals surface area contributed by atoms with E-state index in [1.807, 2.05) is 0 Å². The Labute approximate surface area is 184 Å². The fraction of sp³-hybridized carbons (Fsp3) is 0.364. The van der Waals surface area contributed by atoms with E-state index in [4.69, 9.17) is 15.2 Å². The predicted molar refractivity (Wildman–Crippen MR) is 117 cm³/mol. The number of sulfone groups is 1. The van der Waals surface area contributed by atoms with Crippen molar-refractivity contribution in [3.8, 4) is 11.5 Å². The third kappa shape index (κ3) is 3.72. The van der Waals surface area contributed by atoms with Crippen LogP contribution in [0.3, 0.4) is 0 Å². The molecule has 1 unspecified atom stereocenters. The Morgan fingerprint density at radius 2 is 1.84 bits per heavy atom. The van der Waals surface area contributed by atoms with Crippen molar-refractivity contribution in [1.29, 1.82) is 0 Å². The maximum Gasteiger partial charge on any atom is 0.179 e. The van der Waals surface area contributed by atoms with Gasteiger partial charge in [-0.1, -0.05) is 6.07 Å². The number of hydrogen-bond acceptors (Lipinski definition) is 7. The van der Waals surface area contributed by atoms with Crippen molar-refractivity contribution in [3.63, 3.8) is 0 Å². The van der Waals surface area contributed by atoms with Crippen molar-refractivity contribution in [2.24, 2.45) is 10.7 Å². The van der Waals surface area contributed by atoms with E-state index in [2.05, 4.69) is 9.98 Å². The second kappa shape index (κ2) is 7.54. The van der Waals surface area contributed by atoms with Crippen molar-refractivity contribution in [2.75, 3.05) is 19.0 Å². The summed E-state index contributed by atoms with van der Waals surface area (Å²) in [4.78, 5) is 8.37. The van der Waals surface area contributed by atoms with Crippen molar-refractivity contribution >= 4 is 27.6 Å². The monoisotopic (exact) mass is 463 g/mol. The SMILES string of the molecule is CC1(c2cc(C=C(F)c3cc4c(cn3)OCCO4)ccc2F)CS(=O)(=O)C(C)(C)C(N)=N1. The summed E-state index contributed by atoms with van der Waals surface area (Å²) in [6.45, 7) is 5.17. The van der Waals surface area contributed by atoms with Crippen LogP contribution in [0.5, 0.6) is 11.5 Å². The first-order valence-corrected chi connectivity index (χ1v) is 11.6. The average molecular weight is 464 g/mol. The number of benzene rings is 1. The highest BCUT2D eigenvalue weighted by Gasteiger charge is 2.49. The predicted octanol–water partition coefficient (Wildman–Crippen LogP) is 3.24. The van der Waals surface area contributed by atoms with E-state index in [1.165, 1.54) is 51.2 Å². The van der Waals surface area contributed by atoms with Crippen LogP contribution in [-0.2, 0) is 15.4 Å². The Bertz CT molecular complexity index is 1260. The van der Waals surface area contributed by atoms with Gasteiger partial charge in [0.05, 0.1) is 11.9 Å². The molecule has 4 rings (SSSR count). The van der Waals surface area contributed by atoms with Crippen molar-refractivity contribution in [3.05, 3.63) is 53.1 Å². The maximum atomic E-state index is 14.9.